The normalized spacial score (nSPS) is 15.2. The molecule has 1 nitrogen and oxygen atoms in total. The Kier molecular flexibility index (Phi) is 1.91. The van der Waals surface area contributed by atoms with Gasteiger partial charge < -0.3 is 5.73 Å². The highest BCUT2D eigenvalue weighted by molar-refractivity contribution is 5.64. The molecule has 1 aromatic rings. The molecule has 0 aliphatic heterocycles. The quantitative estimate of drug-likeness (QED) is 0.664. The van der Waals surface area contributed by atoms with Crippen LogP contribution in [-0.4, -0.2) is 0 Å². The Labute approximate surface area is 85.6 Å². The minimum absolute atomic E-state index is 0.222. The summed E-state index contributed by atoms with van der Waals surface area (Å²) in [5, 5.41) is 0. The molecule has 2 rings (SSSR count). The van der Waals surface area contributed by atoms with Crippen molar-refractivity contribution in [3.8, 4) is 0 Å². The van der Waals surface area contributed by atoms with E-state index in [1.807, 2.05) is 0 Å². The molecule has 2 N–H and O–H groups in total. The van der Waals surface area contributed by atoms with Gasteiger partial charge in [-0.05, 0) is 28.2 Å². The van der Waals surface area contributed by atoms with E-state index in [0.717, 1.165) is 12.1 Å². The third-order valence-electron chi connectivity index (χ3n) is 2.75. The fraction of sp³-hybridized carbons (Fsp3) is 0.385. The van der Waals surface area contributed by atoms with Crippen LogP contribution in [0.2, 0.25) is 0 Å². The molecule has 0 heterocycles. The maximum absolute atomic E-state index is 5.81. The van der Waals surface area contributed by atoms with Crippen LogP contribution in [0.4, 0.5) is 0 Å². The number of allylic oxidation sites excluding steroid dienone is 1. The standard InChI is InChI=1S/C13H17N/c1-13(2,3)11-5-4-9-7-12(14)8-10(9)6-11/h4-6,8H,7,14H2,1-3H3. The minimum atomic E-state index is 0.222. The van der Waals surface area contributed by atoms with E-state index in [2.05, 4.69) is 45.0 Å². The van der Waals surface area contributed by atoms with Gasteiger partial charge in [-0.25, -0.2) is 0 Å². The van der Waals surface area contributed by atoms with E-state index < -0.39 is 0 Å². The van der Waals surface area contributed by atoms with Crippen molar-refractivity contribution in [2.24, 2.45) is 5.73 Å². The van der Waals surface area contributed by atoms with Crippen LogP contribution < -0.4 is 5.73 Å². The fourth-order valence-corrected chi connectivity index (χ4v) is 1.83. The largest absolute Gasteiger partial charge is 0.402 e. The van der Waals surface area contributed by atoms with Gasteiger partial charge in [0, 0.05) is 12.1 Å². The summed E-state index contributed by atoms with van der Waals surface area (Å²) in [5.74, 6) is 0. The van der Waals surface area contributed by atoms with E-state index in [1.54, 1.807) is 0 Å². The van der Waals surface area contributed by atoms with Gasteiger partial charge in [0.15, 0.2) is 0 Å². The lowest BCUT2D eigenvalue weighted by Gasteiger charge is -2.19. The number of hydrogen-bond acceptors (Lipinski definition) is 1. The Hall–Kier alpha value is -1.24. The van der Waals surface area contributed by atoms with Gasteiger partial charge >= 0.3 is 0 Å². The first-order valence-corrected chi connectivity index (χ1v) is 5.06. The van der Waals surface area contributed by atoms with Gasteiger partial charge in [-0.15, -0.1) is 0 Å². The molecule has 74 valence electrons. The fourth-order valence-electron chi connectivity index (χ4n) is 1.83. The van der Waals surface area contributed by atoms with Crippen molar-refractivity contribution in [1.29, 1.82) is 0 Å². The summed E-state index contributed by atoms with van der Waals surface area (Å²) in [5.41, 5.74) is 11.0. The summed E-state index contributed by atoms with van der Waals surface area (Å²) in [4.78, 5) is 0. The lowest BCUT2D eigenvalue weighted by Crippen LogP contribution is -2.11. The van der Waals surface area contributed by atoms with E-state index in [0.29, 0.717) is 0 Å². The molecule has 1 aliphatic carbocycles. The molecule has 0 amide bonds. The lowest BCUT2D eigenvalue weighted by molar-refractivity contribution is 0.590. The minimum Gasteiger partial charge on any atom is -0.402 e. The first-order chi connectivity index (χ1) is 6.47. The second-order valence-electron chi connectivity index (χ2n) is 5.06. The molecule has 1 aromatic carbocycles. The Balaban J connectivity index is 2.46. The molecule has 0 atom stereocenters. The predicted octanol–water partition coefficient (Wildman–Crippen LogP) is 2.84. The van der Waals surface area contributed by atoms with E-state index in [9.17, 15) is 0 Å². The van der Waals surface area contributed by atoms with Crippen molar-refractivity contribution < 1.29 is 0 Å². The molecule has 0 saturated carbocycles. The summed E-state index contributed by atoms with van der Waals surface area (Å²) >= 11 is 0. The van der Waals surface area contributed by atoms with Crippen LogP contribution in [0, 0.1) is 0 Å². The van der Waals surface area contributed by atoms with Crippen molar-refractivity contribution >= 4 is 6.08 Å². The highest BCUT2D eigenvalue weighted by Crippen LogP contribution is 2.29. The van der Waals surface area contributed by atoms with E-state index in [1.165, 1.54) is 16.7 Å². The van der Waals surface area contributed by atoms with Crippen LogP contribution in [-0.2, 0) is 11.8 Å². The van der Waals surface area contributed by atoms with Gasteiger partial charge in [-0.1, -0.05) is 39.0 Å². The SMILES string of the molecule is CC(C)(C)c1ccc2c(c1)C=C(N)C2. The van der Waals surface area contributed by atoms with Gasteiger partial charge in [0.1, 0.15) is 0 Å². The van der Waals surface area contributed by atoms with Crippen LogP contribution >= 0.6 is 0 Å². The first-order valence-electron chi connectivity index (χ1n) is 5.06. The first kappa shape index (κ1) is 9.32. The molecule has 0 fully saturated rings. The lowest BCUT2D eigenvalue weighted by atomic mass is 9.85. The number of rotatable bonds is 0. The molecule has 0 spiro atoms. The third kappa shape index (κ3) is 1.54. The topological polar surface area (TPSA) is 26.0 Å². The van der Waals surface area contributed by atoms with Crippen LogP contribution in [0.1, 0.15) is 37.5 Å². The molecule has 0 saturated heterocycles. The summed E-state index contributed by atoms with van der Waals surface area (Å²) in [6.07, 6.45) is 3.00. The summed E-state index contributed by atoms with van der Waals surface area (Å²) in [6.45, 7) is 6.70. The van der Waals surface area contributed by atoms with Crippen LogP contribution in [0.15, 0.2) is 23.9 Å². The molecule has 0 aromatic heterocycles. The summed E-state index contributed by atoms with van der Waals surface area (Å²) in [6, 6.07) is 6.67. The molecule has 1 aliphatic rings. The van der Waals surface area contributed by atoms with Crippen molar-refractivity contribution in [3.05, 3.63) is 40.6 Å². The van der Waals surface area contributed by atoms with Crippen molar-refractivity contribution in [2.45, 2.75) is 32.6 Å². The molecule has 0 bridgehead atoms. The number of fused-ring (bicyclic) bond motifs is 1. The van der Waals surface area contributed by atoms with Gasteiger partial charge in [-0.3, -0.25) is 0 Å². The van der Waals surface area contributed by atoms with Gasteiger partial charge in [0.25, 0.3) is 0 Å². The van der Waals surface area contributed by atoms with E-state index in [-0.39, 0.29) is 5.41 Å². The maximum atomic E-state index is 5.81. The van der Waals surface area contributed by atoms with Crippen LogP contribution in [0.3, 0.4) is 0 Å². The van der Waals surface area contributed by atoms with Crippen molar-refractivity contribution in [3.63, 3.8) is 0 Å². The average molecular weight is 187 g/mol. The molecule has 0 radical (unpaired) electrons. The van der Waals surface area contributed by atoms with Gasteiger partial charge in [-0.2, -0.15) is 0 Å². The van der Waals surface area contributed by atoms with Gasteiger partial charge in [0.2, 0.25) is 0 Å². The molecule has 14 heavy (non-hydrogen) atoms. The zero-order valence-corrected chi connectivity index (χ0v) is 9.09. The highest BCUT2D eigenvalue weighted by atomic mass is 14.6. The Morgan fingerprint density at radius 2 is 1.93 bits per heavy atom. The highest BCUT2D eigenvalue weighted by Gasteiger charge is 2.17. The number of nitrogens with two attached hydrogens (primary N) is 1. The summed E-state index contributed by atoms with van der Waals surface area (Å²) in [7, 11) is 0. The van der Waals surface area contributed by atoms with E-state index >= 15 is 0 Å². The molecule has 0 unspecified atom stereocenters. The van der Waals surface area contributed by atoms with Crippen LogP contribution in [0.25, 0.3) is 6.08 Å². The number of hydrogen-bond donors (Lipinski definition) is 1. The zero-order chi connectivity index (χ0) is 10.3. The van der Waals surface area contributed by atoms with Crippen LogP contribution in [0.5, 0.6) is 0 Å². The molecular formula is C13H17N. The Morgan fingerprint density at radius 3 is 2.57 bits per heavy atom. The smallest absolute Gasteiger partial charge is 0.0131 e. The van der Waals surface area contributed by atoms with Crippen molar-refractivity contribution in [2.75, 3.05) is 0 Å². The van der Waals surface area contributed by atoms with E-state index in [4.69, 9.17) is 5.73 Å². The van der Waals surface area contributed by atoms with Crippen molar-refractivity contribution in [1.82, 2.24) is 0 Å². The molecule has 1 heteroatoms. The van der Waals surface area contributed by atoms with Gasteiger partial charge in [0.05, 0.1) is 0 Å². The summed E-state index contributed by atoms with van der Waals surface area (Å²) < 4.78 is 0. The zero-order valence-electron chi connectivity index (χ0n) is 9.09. The second kappa shape index (κ2) is 2.88. The molecular weight excluding hydrogens is 170 g/mol. The Bertz CT molecular complexity index is 394. The monoisotopic (exact) mass is 187 g/mol. The third-order valence-corrected chi connectivity index (χ3v) is 2.75. The predicted molar refractivity (Wildman–Crippen MR) is 61.0 cm³/mol. The second-order valence-corrected chi connectivity index (χ2v) is 5.06. The Morgan fingerprint density at radius 1 is 1.21 bits per heavy atom. The average Bonchev–Trinajstić information content (AvgIpc) is 2.41. The number of benzene rings is 1. The maximum Gasteiger partial charge on any atom is 0.0131 e.